The summed E-state index contributed by atoms with van der Waals surface area (Å²) in [7, 11) is 1.86. The fourth-order valence-corrected chi connectivity index (χ4v) is 3.43. The Morgan fingerprint density at radius 1 is 1.33 bits per heavy atom. The molecule has 0 aliphatic carbocycles. The van der Waals surface area contributed by atoms with Gasteiger partial charge in [-0.3, -0.25) is 4.79 Å². The lowest BCUT2D eigenvalue weighted by Gasteiger charge is -2.33. The summed E-state index contributed by atoms with van der Waals surface area (Å²) >= 11 is 0. The van der Waals surface area contributed by atoms with Crippen molar-refractivity contribution in [1.29, 1.82) is 0 Å². The molecule has 7 heteroatoms. The smallest absolute Gasteiger partial charge is 0.203 e. The number of hydrogen-bond donors (Lipinski definition) is 0. The molecule has 1 atom stereocenters. The van der Waals surface area contributed by atoms with Gasteiger partial charge in [0.15, 0.2) is 11.5 Å². The van der Waals surface area contributed by atoms with Crippen LogP contribution >= 0.6 is 0 Å². The third kappa shape index (κ3) is 2.46. The van der Waals surface area contributed by atoms with E-state index in [9.17, 15) is 4.79 Å². The molecule has 7 nitrogen and oxygen atoms in total. The monoisotopic (exact) mass is 324 g/mol. The van der Waals surface area contributed by atoms with Crippen molar-refractivity contribution in [2.75, 3.05) is 18.0 Å². The van der Waals surface area contributed by atoms with Crippen LogP contribution < -0.4 is 4.90 Å². The molecule has 0 spiro atoms. The number of aromatic nitrogens is 5. The highest BCUT2D eigenvalue weighted by atomic mass is 16.1. The van der Waals surface area contributed by atoms with Crippen LogP contribution in [0.5, 0.6) is 0 Å². The van der Waals surface area contributed by atoms with E-state index in [1.54, 1.807) is 17.0 Å². The van der Waals surface area contributed by atoms with Crippen molar-refractivity contribution in [3.8, 4) is 0 Å². The summed E-state index contributed by atoms with van der Waals surface area (Å²) in [6.45, 7) is 3.59. The van der Waals surface area contributed by atoms with Gasteiger partial charge in [-0.15, -0.1) is 0 Å². The molecule has 4 rings (SSSR count). The van der Waals surface area contributed by atoms with Crippen LogP contribution in [-0.2, 0) is 7.05 Å². The topological polar surface area (TPSA) is 68.3 Å². The maximum atomic E-state index is 12.8. The number of hydrogen-bond acceptors (Lipinski definition) is 5. The minimum atomic E-state index is -0.0427. The zero-order valence-corrected chi connectivity index (χ0v) is 13.9. The lowest BCUT2D eigenvalue weighted by atomic mass is 9.93. The first-order valence-corrected chi connectivity index (χ1v) is 8.21. The minimum absolute atomic E-state index is 0.0427. The molecule has 0 saturated carbocycles. The Hall–Kier alpha value is -2.70. The fraction of sp³-hybridized carbons (Fsp3) is 0.412. The number of imidazole rings is 1. The lowest BCUT2D eigenvalue weighted by molar-refractivity contribution is 0.0893. The van der Waals surface area contributed by atoms with Gasteiger partial charge in [-0.1, -0.05) is 0 Å². The number of carbonyl (C=O) groups excluding carboxylic acids is 1. The van der Waals surface area contributed by atoms with E-state index in [1.165, 1.54) is 0 Å². The highest BCUT2D eigenvalue weighted by Gasteiger charge is 2.29. The van der Waals surface area contributed by atoms with Crippen LogP contribution in [-0.4, -0.2) is 43.0 Å². The Morgan fingerprint density at radius 2 is 2.21 bits per heavy atom. The average Bonchev–Trinajstić information content (AvgIpc) is 3.22. The highest BCUT2D eigenvalue weighted by Crippen LogP contribution is 2.26. The molecule has 0 radical (unpaired) electrons. The molecular weight excluding hydrogens is 304 g/mol. The molecule has 0 unspecified atom stereocenters. The van der Waals surface area contributed by atoms with Crippen LogP contribution in [0.3, 0.4) is 0 Å². The van der Waals surface area contributed by atoms with Crippen LogP contribution in [0.2, 0.25) is 0 Å². The number of nitrogens with zero attached hydrogens (tertiary/aromatic N) is 6. The zero-order chi connectivity index (χ0) is 16.7. The van der Waals surface area contributed by atoms with Gasteiger partial charge in [0.1, 0.15) is 5.82 Å². The normalized spacial score (nSPS) is 18.2. The molecular formula is C17H20N6O. The van der Waals surface area contributed by atoms with Gasteiger partial charge < -0.3 is 9.47 Å². The van der Waals surface area contributed by atoms with E-state index in [-0.39, 0.29) is 11.7 Å². The predicted octanol–water partition coefficient (Wildman–Crippen LogP) is 1.87. The second kappa shape index (κ2) is 5.74. The van der Waals surface area contributed by atoms with Crippen LogP contribution in [0.15, 0.2) is 30.7 Å². The number of ketones is 1. The SMILES string of the molecule is Cc1cc(N2CCC[C@@H](C(=O)c3nccn3C)C2)n2nccc2n1. The molecule has 3 aromatic heterocycles. The maximum Gasteiger partial charge on any atom is 0.203 e. The van der Waals surface area contributed by atoms with E-state index >= 15 is 0 Å². The molecule has 1 fully saturated rings. The van der Waals surface area contributed by atoms with Gasteiger partial charge in [-0.2, -0.15) is 9.61 Å². The lowest BCUT2D eigenvalue weighted by Crippen LogP contribution is -2.40. The molecule has 1 saturated heterocycles. The summed E-state index contributed by atoms with van der Waals surface area (Å²) in [4.78, 5) is 23.7. The Kier molecular flexibility index (Phi) is 3.55. The molecule has 1 aliphatic rings. The van der Waals surface area contributed by atoms with Gasteiger partial charge in [0.05, 0.1) is 6.20 Å². The molecule has 1 aliphatic heterocycles. The molecule has 4 heterocycles. The van der Waals surface area contributed by atoms with Gasteiger partial charge in [-0.25, -0.2) is 9.97 Å². The van der Waals surface area contributed by atoms with Gasteiger partial charge in [0.25, 0.3) is 0 Å². The number of carbonyl (C=O) groups is 1. The van der Waals surface area contributed by atoms with Crippen molar-refractivity contribution in [3.05, 3.63) is 42.2 Å². The van der Waals surface area contributed by atoms with Crippen LogP contribution in [0.1, 0.15) is 29.2 Å². The van der Waals surface area contributed by atoms with Crippen molar-refractivity contribution in [3.63, 3.8) is 0 Å². The molecule has 0 bridgehead atoms. The van der Waals surface area contributed by atoms with E-state index in [1.807, 2.05) is 36.8 Å². The third-order valence-electron chi connectivity index (χ3n) is 4.63. The van der Waals surface area contributed by atoms with Crippen molar-refractivity contribution >= 4 is 17.2 Å². The maximum absolute atomic E-state index is 12.8. The molecule has 24 heavy (non-hydrogen) atoms. The number of fused-ring (bicyclic) bond motifs is 1. The van der Waals surface area contributed by atoms with Crippen LogP contribution in [0.25, 0.3) is 5.65 Å². The highest BCUT2D eigenvalue weighted by molar-refractivity contribution is 5.95. The largest absolute Gasteiger partial charge is 0.356 e. The first kappa shape index (κ1) is 14.9. The second-order valence-corrected chi connectivity index (χ2v) is 6.37. The summed E-state index contributed by atoms with van der Waals surface area (Å²) in [5, 5.41) is 4.38. The van der Waals surface area contributed by atoms with Crippen molar-refractivity contribution in [1.82, 2.24) is 24.1 Å². The van der Waals surface area contributed by atoms with Crippen molar-refractivity contribution in [2.45, 2.75) is 19.8 Å². The molecule has 3 aromatic rings. The van der Waals surface area contributed by atoms with Gasteiger partial charge in [-0.05, 0) is 19.8 Å². The number of piperidine rings is 1. The fourth-order valence-electron chi connectivity index (χ4n) is 3.43. The zero-order valence-electron chi connectivity index (χ0n) is 13.9. The van der Waals surface area contributed by atoms with Gasteiger partial charge in [0, 0.05) is 56.3 Å². The van der Waals surface area contributed by atoms with Crippen molar-refractivity contribution in [2.24, 2.45) is 13.0 Å². The first-order valence-electron chi connectivity index (χ1n) is 8.21. The Bertz CT molecular complexity index is 896. The quantitative estimate of drug-likeness (QED) is 0.688. The Balaban J connectivity index is 1.64. The van der Waals surface area contributed by atoms with E-state index in [0.29, 0.717) is 12.4 Å². The second-order valence-electron chi connectivity index (χ2n) is 6.37. The number of anilines is 1. The standard InChI is InChI=1S/C17H20N6O/c1-12-10-15(23-14(20-12)5-6-19-23)22-8-3-4-13(11-22)16(24)17-18-7-9-21(17)2/h5-7,9-10,13H,3-4,8,11H2,1-2H3/t13-/m1/s1. The Morgan fingerprint density at radius 3 is 3.00 bits per heavy atom. The van der Waals surface area contributed by atoms with Gasteiger partial charge >= 0.3 is 0 Å². The van der Waals surface area contributed by atoms with Crippen LogP contribution in [0, 0.1) is 12.8 Å². The van der Waals surface area contributed by atoms with E-state index in [2.05, 4.69) is 20.0 Å². The summed E-state index contributed by atoms with van der Waals surface area (Å²) < 4.78 is 3.64. The predicted molar refractivity (Wildman–Crippen MR) is 90.2 cm³/mol. The summed E-state index contributed by atoms with van der Waals surface area (Å²) in [6, 6.07) is 3.94. The molecule has 0 aromatic carbocycles. The minimum Gasteiger partial charge on any atom is -0.356 e. The number of aryl methyl sites for hydroxylation is 2. The summed E-state index contributed by atoms with van der Waals surface area (Å²) in [5.74, 6) is 1.62. The van der Waals surface area contributed by atoms with Crippen molar-refractivity contribution < 1.29 is 4.79 Å². The summed E-state index contributed by atoms with van der Waals surface area (Å²) in [6.07, 6.45) is 7.12. The summed E-state index contributed by atoms with van der Waals surface area (Å²) in [5.41, 5.74) is 1.79. The first-order chi connectivity index (χ1) is 11.6. The average molecular weight is 324 g/mol. The van der Waals surface area contributed by atoms with Crippen LogP contribution in [0.4, 0.5) is 5.82 Å². The number of Topliss-reactive ketones (excluding diaryl/α,β-unsaturated/α-hetero) is 1. The molecule has 0 amide bonds. The number of rotatable bonds is 3. The van der Waals surface area contributed by atoms with Gasteiger partial charge in [0.2, 0.25) is 5.78 Å². The third-order valence-corrected chi connectivity index (χ3v) is 4.63. The van der Waals surface area contributed by atoms with E-state index < -0.39 is 0 Å². The van der Waals surface area contributed by atoms with E-state index in [0.717, 1.165) is 36.5 Å². The molecule has 124 valence electrons. The Labute approximate surface area is 139 Å². The van der Waals surface area contributed by atoms with E-state index in [4.69, 9.17) is 0 Å². The molecule has 0 N–H and O–H groups in total.